The van der Waals surface area contributed by atoms with Gasteiger partial charge in [0.2, 0.25) is 0 Å². The fraction of sp³-hybridized carbons (Fsp3) is 0.250. The zero-order valence-electron chi connectivity index (χ0n) is 9.87. The molecule has 0 fully saturated rings. The van der Waals surface area contributed by atoms with Crippen LogP contribution in [0.15, 0.2) is 12.1 Å². The highest BCUT2D eigenvalue weighted by Crippen LogP contribution is 2.38. The van der Waals surface area contributed by atoms with Gasteiger partial charge in [0, 0.05) is 10.6 Å². The average Bonchev–Trinajstić information content (AvgIpc) is 2.61. The Bertz CT molecular complexity index is 566. The van der Waals surface area contributed by atoms with Gasteiger partial charge in [0.05, 0.1) is 12.1 Å². The summed E-state index contributed by atoms with van der Waals surface area (Å²) in [5, 5.41) is 2.29. The predicted octanol–water partition coefficient (Wildman–Crippen LogP) is 3.67. The van der Waals surface area contributed by atoms with Crippen molar-refractivity contribution in [2.24, 2.45) is 0 Å². The molecule has 90 valence electrons. The van der Waals surface area contributed by atoms with E-state index in [1.165, 1.54) is 11.3 Å². The van der Waals surface area contributed by atoms with E-state index in [1.807, 2.05) is 26.0 Å². The first-order valence-electron chi connectivity index (χ1n) is 5.10. The molecular formula is C12H13ClN2OS. The Kier molecular flexibility index (Phi) is 3.26. The number of anilines is 1. The molecule has 0 unspecified atom stereocenters. The number of hydrogen-bond acceptors (Lipinski definition) is 4. The molecular weight excluding hydrogens is 256 g/mol. The van der Waals surface area contributed by atoms with E-state index in [9.17, 15) is 0 Å². The average molecular weight is 269 g/mol. The first-order valence-corrected chi connectivity index (χ1v) is 6.29. The molecule has 0 bridgehead atoms. The molecule has 2 N–H and O–H groups in total. The van der Waals surface area contributed by atoms with E-state index >= 15 is 0 Å². The molecule has 0 radical (unpaired) electrons. The van der Waals surface area contributed by atoms with Crippen LogP contribution < -0.4 is 10.5 Å². The Morgan fingerprint density at radius 3 is 2.59 bits per heavy atom. The molecule has 5 heteroatoms. The largest absolute Gasteiger partial charge is 0.496 e. The number of aryl methyl sites for hydroxylation is 2. The van der Waals surface area contributed by atoms with Crippen molar-refractivity contribution in [3.8, 4) is 17.0 Å². The molecule has 3 nitrogen and oxygen atoms in total. The van der Waals surface area contributed by atoms with Crippen LogP contribution in [0.25, 0.3) is 11.3 Å². The van der Waals surface area contributed by atoms with Crippen LogP contribution in [0.2, 0.25) is 5.02 Å². The SMILES string of the molecule is COc1cc(C)c(Cl)cc1-c1nc(C)sc1N. The normalized spacial score (nSPS) is 10.6. The smallest absolute Gasteiger partial charge is 0.128 e. The minimum atomic E-state index is 0.681. The Morgan fingerprint density at radius 2 is 2.06 bits per heavy atom. The van der Waals surface area contributed by atoms with E-state index in [0.717, 1.165) is 27.6 Å². The highest BCUT2D eigenvalue weighted by atomic mass is 35.5. The molecule has 1 heterocycles. The number of thiazole rings is 1. The molecule has 0 aliphatic rings. The maximum atomic E-state index is 6.13. The molecule has 0 saturated carbocycles. The van der Waals surface area contributed by atoms with Gasteiger partial charge in [-0.3, -0.25) is 0 Å². The summed E-state index contributed by atoms with van der Waals surface area (Å²) >= 11 is 7.59. The minimum absolute atomic E-state index is 0.681. The van der Waals surface area contributed by atoms with Crippen LogP contribution in [0.4, 0.5) is 5.00 Å². The van der Waals surface area contributed by atoms with Crippen molar-refractivity contribution in [1.29, 1.82) is 0 Å². The van der Waals surface area contributed by atoms with Gasteiger partial charge in [0.1, 0.15) is 16.4 Å². The van der Waals surface area contributed by atoms with Crippen LogP contribution in [0.1, 0.15) is 10.6 Å². The van der Waals surface area contributed by atoms with Gasteiger partial charge in [-0.05, 0) is 31.5 Å². The zero-order valence-corrected chi connectivity index (χ0v) is 11.4. The molecule has 17 heavy (non-hydrogen) atoms. The number of nitrogen functional groups attached to an aromatic ring is 1. The molecule has 2 aromatic rings. The van der Waals surface area contributed by atoms with E-state index in [2.05, 4.69) is 4.98 Å². The van der Waals surface area contributed by atoms with Crippen molar-refractivity contribution < 1.29 is 4.74 Å². The molecule has 0 saturated heterocycles. The van der Waals surface area contributed by atoms with E-state index in [1.54, 1.807) is 7.11 Å². The van der Waals surface area contributed by atoms with E-state index in [4.69, 9.17) is 22.1 Å². The van der Waals surface area contributed by atoms with Crippen LogP contribution in [0, 0.1) is 13.8 Å². The molecule has 1 aromatic heterocycles. The number of ether oxygens (including phenoxy) is 1. The fourth-order valence-electron chi connectivity index (χ4n) is 1.64. The predicted molar refractivity (Wildman–Crippen MR) is 73.0 cm³/mol. The summed E-state index contributed by atoms with van der Waals surface area (Å²) in [5.74, 6) is 0.740. The zero-order chi connectivity index (χ0) is 12.6. The first kappa shape index (κ1) is 12.2. The van der Waals surface area contributed by atoms with E-state index in [0.29, 0.717) is 10.0 Å². The lowest BCUT2D eigenvalue weighted by molar-refractivity contribution is 0.416. The van der Waals surface area contributed by atoms with Gasteiger partial charge in [-0.2, -0.15) is 0 Å². The standard InChI is InChI=1S/C12H13ClN2OS/c1-6-4-10(16-3)8(5-9(6)13)11-12(14)17-7(2)15-11/h4-5H,14H2,1-3H3. The molecule has 0 atom stereocenters. The second kappa shape index (κ2) is 4.55. The molecule has 2 rings (SSSR count). The number of benzene rings is 1. The van der Waals surface area contributed by atoms with Crippen molar-refractivity contribution in [2.45, 2.75) is 13.8 Å². The van der Waals surface area contributed by atoms with Gasteiger partial charge in [0.25, 0.3) is 0 Å². The van der Waals surface area contributed by atoms with Crippen molar-refractivity contribution >= 4 is 27.9 Å². The molecule has 0 amide bonds. The van der Waals surface area contributed by atoms with Crippen LogP contribution in [-0.2, 0) is 0 Å². The van der Waals surface area contributed by atoms with E-state index in [-0.39, 0.29) is 0 Å². The number of nitrogens with two attached hydrogens (primary N) is 1. The van der Waals surface area contributed by atoms with Gasteiger partial charge in [-0.1, -0.05) is 11.6 Å². The van der Waals surface area contributed by atoms with Gasteiger partial charge >= 0.3 is 0 Å². The number of rotatable bonds is 2. The summed E-state index contributed by atoms with van der Waals surface area (Å²) in [6.45, 7) is 3.86. The summed E-state index contributed by atoms with van der Waals surface area (Å²) in [6.07, 6.45) is 0. The van der Waals surface area contributed by atoms with E-state index < -0.39 is 0 Å². The number of hydrogen-bond donors (Lipinski definition) is 1. The van der Waals surface area contributed by atoms with Crippen molar-refractivity contribution in [1.82, 2.24) is 4.98 Å². The quantitative estimate of drug-likeness (QED) is 0.904. The Labute approximate surface area is 109 Å². The lowest BCUT2D eigenvalue weighted by Crippen LogP contribution is -1.93. The Morgan fingerprint density at radius 1 is 1.35 bits per heavy atom. The third-order valence-electron chi connectivity index (χ3n) is 2.50. The Balaban J connectivity index is 2.66. The summed E-state index contributed by atoms with van der Waals surface area (Å²) in [5.41, 5.74) is 8.49. The molecule has 0 aliphatic heterocycles. The van der Waals surface area contributed by atoms with Gasteiger partial charge in [-0.15, -0.1) is 11.3 Å². The topological polar surface area (TPSA) is 48.1 Å². The van der Waals surface area contributed by atoms with Crippen LogP contribution in [0.3, 0.4) is 0 Å². The van der Waals surface area contributed by atoms with Gasteiger partial charge in [0.15, 0.2) is 0 Å². The summed E-state index contributed by atoms with van der Waals surface area (Å²) in [7, 11) is 1.63. The molecule has 1 aromatic carbocycles. The van der Waals surface area contributed by atoms with Crippen molar-refractivity contribution in [3.63, 3.8) is 0 Å². The lowest BCUT2D eigenvalue weighted by Gasteiger charge is -2.09. The van der Waals surface area contributed by atoms with Crippen LogP contribution in [-0.4, -0.2) is 12.1 Å². The number of methoxy groups -OCH3 is 1. The number of halogens is 1. The van der Waals surface area contributed by atoms with Gasteiger partial charge in [-0.25, -0.2) is 4.98 Å². The van der Waals surface area contributed by atoms with Gasteiger partial charge < -0.3 is 10.5 Å². The number of aromatic nitrogens is 1. The minimum Gasteiger partial charge on any atom is -0.496 e. The molecule has 0 aliphatic carbocycles. The summed E-state index contributed by atoms with van der Waals surface area (Å²) in [6, 6.07) is 3.74. The lowest BCUT2D eigenvalue weighted by atomic mass is 10.1. The monoisotopic (exact) mass is 268 g/mol. The third-order valence-corrected chi connectivity index (χ3v) is 3.70. The maximum absolute atomic E-state index is 6.13. The maximum Gasteiger partial charge on any atom is 0.128 e. The second-order valence-corrected chi connectivity index (χ2v) is 5.39. The highest BCUT2D eigenvalue weighted by molar-refractivity contribution is 7.16. The molecule has 0 spiro atoms. The van der Waals surface area contributed by atoms with Crippen molar-refractivity contribution in [3.05, 3.63) is 27.7 Å². The summed E-state index contributed by atoms with van der Waals surface area (Å²) in [4.78, 5) is 4.41. The van der Waals surface area contributed by atoms with Crippen LogP contribution >= 0.6 is 22.9 Å². The number of nitrogens with zero attached hydrogens (tertiary/aromatic N) is 1. The van der Waals surface area contributed by atoms with Crippen LogP contribution in [0.5, 0.6) is 5.75 Å². The fourth-order valence-corrected chi connectivity index (χ4v) is 2.52. The second-order valence-electron chi connectivity index (χ2n) is 3.75. The first-order chi connectivity index (χ1) is 8.02. The highest BCUT2D eigenvalue weighted by Gasteiger charge is 2.15. The Hall–Kier alpha value is -1.26. The summed E-state index contributed by atoms with van der Waals surface area (Å²) < 4.78 is 5.35. The van der Waals surface area contributed by atoms with Crippen molar-refractivity contribution in [2.75, 3.05) is 12.8 Å². The third kappa shape index (κ3) is 2.23.